The van der Waals surface area contributed by atoms with Crippen molar-refractivity contribution in [1.82, 2.24) is 14.6 Å². The Morgan fingerprint density at radius 3 is 2.31 bits per heavy atom. The highest BCUT2D eigenvalue weighted by molar-refractivity contribution is 5.56. The van der Waals surface area contributed by atoms with Gasteiger partial charge in [-0.1, -0.05) is 25.1 Å². The van der Waals surface area contributed by atoms with Gasteiger partial charge in [0.2, 0.25) is 5.65 Å². The first-order valence-corrected chi connectivity index (χ1v) is 9.66. The minimum Gasteiger partial charge on any atom is -0.453 e. The molecule has 1 aromatic carbocycles. The third kappa shape index (κ3) is 2.35. The summed E-state index contributed by atoms with van der Waals surface area (Å²) in [5, 5.41) is 9.20. The molecule has 0 saturated heterocycles. The highest BCUT2D eigenvalue weighted by Crippen LogP contribution is 2.57. The molecule has 3 aromatic rings. The lowest BCUT2D eigenvalue weighted by atomic mass is 9.54. The van der Waals surface area contributed by atoms with E-state index >= 15 is 0 Å². The summed E-state index contributed by atoms with van der Waals surface area (Å²) in [5.41, 5.74) is 2.69. The van der Waals surface area contributed by atoms with Crippen LogP contribution in [0.1, 0.15) is 56.8 Å². The largest absolute Gasteiger partial charge is 0.453 e. The van der Waals surface area contributed by atoms with Gasteiger partial charge in [0.05, 0.1) is 0 Å². The van der Waals surface area contributed by atoms with E-state index in [1.54, 1.807) is 0 Å². The average molecular weight is 347 g/mol. The molecule has 134 valence electrons. The number of rotatable bonds is 3. The summed E-state index contributed by atoms with van der Waals surface area (Å²) >= 11 is 0. The van der Waals surface area contributed by atoms with Crippen LogP contribution in [0, 0.1) is 12.3 Å². The van der Waals surface area contributed by atoms with Gasteiger partial charge in [-0.25, -0.2) is 0 Å². The second-order valence-electron chi connectivity index (χ2n) is 8.55. The number of benzene rings is 1. The Labute approximate surface area is 154 Å². The van der Waals surface area contributed by atoms with Crippen molar-refractivity contribution in [3.05, 3.63) is 54.0 Å². The van der Waals surface area contributed by atoms with E-state index in [0.29, 0.717) is 5.41 Å². The SMILES string of the molecule is Cc1ccccc1Oc1cccn2c(C34CCC(C)(CC3)CC4)nnc12. The van der Waals surface area contributed by atoms with Crippen molar-refractivity contribution in [2.45, 2.75) is 57.8 Å². The van der Waals surface area contributed by atoms with Gasteiger partial charge in [0, 0.05) is 11.6 Å². The number of nitrogens with zero attached hydrogens (tertiary/aromatic N) is 3. The van der Waals surface area contributed by atoms with Crippen molar-refractivity contribution in [3.63, 3.8) is 0 Å². The Morgan fingerprint density at radius 2 is 1.58 bits per heavy atom. The molecule has 3 aliphatic rings. The van der Waals surface area contributed by atoms with Gasteiger partial charge in [-0.3, -0.25) is 4.40 Å². The van der Waals surface area contributed by atoms with Gasteiger partial charge in [-0.15, -0.1) is 10.2 Å². The van der Waals surface area contributed by atoms with Crippen molar-refractivity contribution in [1.29, 1.82) is 0 Å². The van der Waals surface area contributed by atoms with Gasteiger partial charge in [0.15, 0.2) is 5.75 Å². The van der Waals surface area contributed by atoms with E-state index in [2.05, 4.69) is 40.7 Å². The first-order chi connectivity index (χ1) is 12.6. The Kier molecular flexibility index (Phi) is 3.40. The van der Waals surface area contributed by atoms with Gasteiger partial charge >= 0.3 is 0 Å². The number of para-hydroxylation sites is 1. The molecular formula is C22H25N3O. The summed E-state index contributed by atoms with van der Waals surface area (Å²) in [5.74, 6) is 2.77. The van der Waals surface area contributed by atoms with Gasteiger partial charge in [0.1, 0.15) is 11.6 Å². The maximum absolute atomic E-state index is 6.19. The van der Waals surface area contributed by atoms with Crippen LogP contribution >= 0.6 is 0 Å². The fourth-order valence-electron chi connectivity index (χ4n) is 4.83. The molecule has 0 radical (unpaired) electrons. The molecule has 2 aromatic heterocycles. The van der Waals surface area contributed by atoms with Crippen LogP contribution in [-0.4, -0.2) is 14.6 Å². The van der Waals surface area contributed by atoms with Crippen molar-refractivity contribution >= 4 is 5.65 Å². The van der Waals surface area contributed by atoms with Crippen LogP contribution in [0.25, 0.3) is 5.65 Å². The smallest absolute Gasteiger partial charge is 0.203 e. The zero-order valence-electron chi connectivity index (χ0n) is 15.5. The third-order valence-corrected chi connectivity index (χ3v) is 6.81. The minimum atomic E-state index is 0.193. The number of hydrogen-bond donors (Lipinski definition) is 0. The summed E-state index contributed by atoms with van der Waals surface area (Å²) in [4.78, 5) is 0. The van der Waals surface area contributed by atoms with Crippen LogP contribution in [0.4, 0.5) is 0 Å². The van der Waals surface area contributed by atoms with Crippen molar-refractivity contribution in [2.75, 3.05) is 0 Å². The van der Waals surface area contributed by atoms with E-state index < -0.39 is 0 Å². The lowest BCUT2D eigenvalue weighted by Crippen LogP contribution is -2.43. The summed E-state index contributed by atoms with van der Waals surface area (Å²) in [6, 6.07) is 12.1. The number of pyridine rings is 1. The van der Waals surface area contributed by atoms with E-state index in [1.807, 2.05) is 30.3 Å². The molecule has 4 heteroatoms. The lowest BCUT2D eigenvalue weighted by molar-refractivity contribution is 0.0501. The molecular weight excluding hydrogens is 322 g/mol. The topological polar surface area (TPSA) is 39.4 Å². The molecule has 0 unspecified atom stereocenters. The molecule has 0 atom stereocenters. The molecule has 0 amide bonds. The van der Waals surface area contributed by atoms with E-state index in [-0.39, 0.29) is 5.41 Å². The van der Waals surface area contributed by atoms with E-state index in [1.165, 1.54) is 38.5 Å². The van der Waals surface area contributed by atoms with E-state index in [4.69, 9.17) is 4.74 Å². The van der Waals surface area contributed by atoms with Crippen molar-refractivity contribution in [2.24, 2.45) is 5.41 Å². The maximum atomic E-state index is 6.19. The number of aromatic nitrogens is 3. The van der Waals surface area contributed by atoms with Crippen molar-refractivity contribution in [3.8, 4) is 11.5 Å². The third-order valence-electron chi connectivity index (χ3n) is 6.81. The summed E-state index contributed by atoms with van der Waals surface area (Å²) < 4.78 is 8.36. The standard InChI is InChI=1S/C22H25N3O/c1-16-6-3-4-7-17(16)26-18-8-5-15-25-19(18)23-24-20(25)22-12-9-21(2,10-13-22)11-14-22/h3-8,15H,9-14H2,1-2H3. The van der Waals surface area contributed by atoms with Crippen LogP contribution in [0.5, 0.6) is 11.5 Å². The highest BCUT2D eigenvalue weighted by atomic mass is 16.5. The van der Waals surface area contributed by atoms with Crippen LogP contribution < -0.4 is 4.74 Å². The lowest BCUT2D eigenvalue weighted by Gasteiger charge is -2.51. The molecule has 0 N–H and O–H groups in total. The predicted molar refractivity (Wildman–Crippen MR) is 102 cm³/mol. The fourth-order valence-corrected chi connectivity index (χ4v) is 4.83. The first kappa shape index (κ1) is 15.9. The molecule has 3 aliphatic carbocycles. The Morgan fingerprint density at radius 1 is 0.885 bits per heavy atom. The molecule has 26 heavy (non-hydrogen) atoms. The zero-order valence-corrected chi connectivity index (χ0v) is 15.5. The number of ether oxygens (including phenoxy) is 1. The van der Waals surface area contributed by atoms with Gasteiger partial charge in [-0.05, 0) is 74.6 Å². The van der Waals surface area contributed by atoms with E-state index in [9.17, 15) is 0 Å². The second kappa shape index (κ2) is 5.57. The summed E-state index contributed by atoms with van der Waals surface area (Å²) in [6.45, 7) is 4.51. The second-order valence-corrected chi connectivity index (χ2v) is 8.55. The zero-order chi connectivity index (χ0) is 17.8. The molecule has 2 heterocycles. The Balaban J connectivity index is 1.55. The van der Waals surface area contributed by atoms with Crippen LogP contribution in [0.15, 0.2) is 42.6 Å². The van der Waals surface area contributed by atoms with Gasteiger partial charge in [0.25, 0.3) is 0 Å². The summed E-state index contributed by atoms with van der Waals surface area (Å²) in [7, 11) is 0. The average Bonchev–Trinajstić information content (AvgIpc) is 3.11. The van der Waals surface area contributed by atoms with Gasteiger partial charge in [-0.2, -0.15) is 0 Å². The molecule has 6 rings (SSSR count). The monoisotopic (exact) mass is 347 g/mol. The molecule has 3 saturated carbocycles. The number of fused-ring (bicyclic) bond motifs is 4. The van der Waals surface area contributed by atoms with Crippen molar-refractivity contribution < 1.29 is 4.74 Å². The van der Waals surface area contributed by atoms with E-state index in [0.717, 1.165) is 28.5 Å². The predicted octanol–water partition coefficient (Wildman–Crippen LogP) is 5.44. The van der Waals surface area contributed by atoms with Gasteiger partial charge < -0.3 is 4.74 Å². The number of aryl methyl sites for hydroxylation is 1. The molecule has 3 fully saturated rings. The Bertz CT molecular complexity index is 950. The molecule has 0 aliphatic heterocycles. The van der Waals surface area contributed by atoms with Crippen LogP contribution in [0.2, 0.25) is 0 Å². The minimum absolute atomic E-state index is 0.193. The highest BCUT2D eigenvalue weighted by Gasteiger charge is 2.49. The maximum Gasteiger partial charge on any atom is 0.203 e. The quantitative estimate of drug-likeness (QED) is 0.633. The number of hydrogen-bond acceptors (Lipinski definition) is 3. The first-order valence-electron chi connectivity index (χ1n) is 9.66. The molecule has 0 spiro atoms. The fraction of sp³-hybridized carbons (Fsp3) is 0.455. The normalized spacial score (nSPS) is 27.8. The van der Waals surface area contributed by atoms with Crippen LogP contribution in [0.3, 0.4) is 0 Å². The van der Waals surface area contributed by atoms with Crippen LogP contribution in [-0.2, 0) is 5.41 Å². The Hall–Kier alpha value is -2.36. The molecule has 4 nitrogen and oxygen atoms in total. The molecule has 2 bridgehead atoms. The summed E-state index contributed by atoms with van der Waals surface area (Å²) in [6.07, 6.45) is 9.70.